The highest BCUT2D eigenvalue weighted by atomic mass is 19.1. The van der Waals surface area contributed by atoms with Gasteiger partial charge in [0, 0.05) is 12.5 Å². The van der Waals surface area contributed by atoms with Gasteiger partial charge in [-0.25, -0.2) is 13.6 Å². The Labute approximate surface area is 143 Å². The monoisotopic (exact) mass is 349 g/mol. The van der Waals surface area contributed by atoms with E-state index in [0.29, 0.717) is 17.4 Å². The molecule has 7 heteroatoms. The number of benzene rings is 2. The SMILES string of the molecule is COc1ccc(C[C@H](NC(=O)Cc2ccc(F)cc2F)C(=O)O)cc1. The summed E-state index contributed by atoms with van der Waals surface area (Å²) in [6.07, 6.45) is -0.310. The lowest BCUT2D eigenvalue weighted by molar-refractivity contribution is -0.141. The molecular formula is C18H17F2NO4. The van der Waals surface area contributed by atoms with Gasteiger partial charge in [-0.3, -0.25) is 4.79 Å². The van der Waals surface area contributed by atoms with Gasteiger partial charge in [-0.15, -0.1) is 0 Å². The number of aliphatic carboxylic acids is 1. The van der Waals surface area contributed by atoms with Crippen LogP contribution < -0.4 is 10.1 Å². The van der Waals surface area contributed by atoms with Crippen LogP contribution in [0.25, 0.3) is 0 Å². The number of carboxylic acids is 1. The molecule has 0 spiro atoms. The van der Waals surface area contributed by atoms with Crippen molar-refractivity contribution in [3.63, 3.8) is 0 Å². The molecule has 0 bridgehead atoms. The lowest BCUT2D eigenvalue weighted by atomic mass is 10.0. The van der Waals surface area contributed by atoms with Gasteiger partial charge in [-0.1, -0.05) is 18.2 Å². The van der Waals surface area contributed by atoms with Gasteiger partial charge in [-0.05, 0) is 29.3 Å². The number of ether oxygens (including phenoxy) is 1. The van der Waals surface area contributed by atoms with Crippen LogP contribution in [0.3, 0.4) is 0 Å². The fourth-order valence-electron chi connectivity index (χ4n) is 2.28. The summed E-state index contributed by atoms with van der Waals surface area (Å²) in [5, 5.41) is 11.6. The Hall–Kier alpha value is -2.96. The van der Waals surface area contributed by atoms with Crippen LogP contribution >= 0.6 is 0 Å². The van der Waals surface area contributed by atoms with Crippen LogP contribution in [0, 0.1) is 11.6 Å². The molecule has 2 aromatic carbocycles. The minimum atomic E-state index is -1.20. The van der Waals surface area contributed by atoms with Gasteiger partial charge in [0.05, 0.1) is 13.5 Å². The molecule has 0 saturated heterocycles. The number of amides is 1. The molecule has 132 valence electrons. The average Bonchev–Trinajstić information content (AvgIpc) is 2.57. The van der Waals surface area contributed by atoms with Crippen molar-refractivity contribution in [2.24, 2.45) is 0 Å². The number of rotatable bonds is 7. The summed E-state index contributed by atoms with van der Waals surface area (Å²) in [6.45, 7) is 0. The normalized spacial score (nSPS) is 11.6. The summed E-state index contributed by atoms with van der Waals surface area (Å²) in [5.74, 6) is -2.83. The molecule has 2 aromatic rings. The molecule has 0 aliphatic heterocycles. The predicted molar refractivity (Wildman–Crippen MR) is 86.3 cm³/mol. The first-order valence-electron chi connectivity index (χ1n) is 7.48. The number of carbonyl (C=O) groups is 2. The zero-order valence-electron chi connectivity index (χ0n) is 13.5. The third kappa shape index (κ3) is 5.27. The Balaban J connectivity index is 2.02. The molecule has 5 nitrogen and oxygen atoms in total. The maximum Gasteiger partial charge on any atom is 0.326 e. The van der Waals surface area contributed by atoms with Gasteiger partial charge >= 0.3 is 5.97 Å². The zero-order chi connectivity index (χ0) is 18.4. The molecule has 0 aromatic heterocycles. The van der Waals surface area contributed by atoms with E-state index in [0.717, 1.165) is 12.1 Å². The number of carboxylic acid groups (broad SMARTS) is 1. The molecule has 1 amide bonds. The Kier molecular flexibility index (Phi) is 6.05. The summed E-state index contributed by atoms with van der Waals surface area (Å²) < 4.78 is 31.5. The summed E-state index contributed by atoms with van der Waals surface area (Å²) in [5.41, 5.74) is 0.689. The van der Waals surface area contributed by atoms with E-state index in [1.807, 2.05) is 0 Å². The van der Waals surface area contributed by atoms with Crippen LogP contribution in [-0.4, -0.2) is 30.1 Å². The van der Waals surface area contributed by atoms with Crippen LogP contribution in [0.2, 0.25) is 0 Å². The average molecular weight is 349 g/mol. The molecule has 2 N–H and O–H groups in total. The van der Waals surface area contributed by atoms with Crippen molar-refractivity contribution in [1.29, 1.82) is 0 Å². The molecule has 0 unspecified atom stereocenters. The molecule has 0 radical (unpaired) electrons. The number of nitrogens with one attached hydrogen (secondary N) is 1. The van der Waals surface area contributed by atoms with Crippen LogP contribution in [0.5, 0.6) is 5.75 Å². The minimum absolute atomic E-state index is 0.00696. The van der Waals surface area contributed by atoms with Crippen molar-refractivity contribution in [1.82, 2.24) is 5.32 Å². The molecule has 0 saturated carbocycles. The van der Waals surface area contributed by atoms with Crippen molar-refractivity contribution >= 4 is 11.9 Å². The van der Waals surface area contributed by atoms with E-state index in [1.54, 1.807) is 24.3 Å². The van der Waals surface area contributed by atoms with Crippen LogP contribution in [0.1, 0.15) is 11.1 Å². The molecule has 0 fully saturated rings. The minimum Gasteiger partial charge on any atom is -0.497 e. The molecule has 0 aliphatic rings. The quantitative estimate of drug-likeness (QED) is 0.804. The highest BCUT2D eigenvalue weighted by Gasteiger charge is 2.21. The smallest absolute Gasteiger partial charge is 0.326 e. The summed E-state index contributed by atoms with van der Waals surface area (Å²) in [7, 11) is 1.52. The number of methoxy groups -OCH3 is 1. The summed E-state index contributed by atoms with van der Waals surface area (Å²) in [6, 6.07) is 8.47. The molecule has 1 atom stereocenters. The van der Waals surface area contributed by atoms with Crippen molar-refractivity contribution < 1.29 is 28.2 Å². The van der Waals surface area contributed by atoms with Crippen LogP contribution in [-0.2, 0) is 22.4 Å². The largest absolute Gasteiger partial charge is 0.497 e. The number of halogens is 2. The van der Waals surface area contributed by atoms with E-state index < -0.39 is 29.6 Å². The van der Waals surface area contributed by atoms with Gasteiger partial charge < -0.3 is 15.2 Å². The van der Waals surface area contributed by atoms with E-state index in [-0.39, 0.29) is 18.4 Å². The van der Waals surface area contributed by atoms with Crippen molar-refractivity contribution in [3.05, 3.63) is 65.2 Å². The Morgan fingerprint density at radius 1 is 1.16 bits per heavy atom. The molecule has 0 heterocycles. The lowest BCUT2D eigenvalue weighted by Gasteiger charge is -2.15. The summed E-state index contributed by atoms with van der Waals surface area (Å²) in [4.78, 5) is 23.4. The van der Waals surface area contributed by atoms with Crippen LogP contribution in [0.4, 0.5) is 8.78 Å². The molecule has 0 aliphatic carbocycles. The Morgan fingerprint density at radius 2 is 1.84 bits per heavy atom. The first-order valence-corrected chi connectivity index (χ1v) is 7.48. The van der Waals surface area contributed by atoms with Crippen molar-refractivity contribution in [2.75, 3.05) is 7.11 Å². The maximum atomic E-state index is 13.6. The number of carbonyl (C=O) groups excluding carboxylic acids is 1. The molecule has 25 heavy (non-hydrogen) atoms. The third-order valence-corrected chi connectivity index (χ3v) is 3.60. The third-order valence-electron chi connectivity index (χ3n) is 3.60. The lowest BCUT2D eigenvalue weighted by Crippen LogP contribution is -2.43. The van der Waals surface area contributed by atoms with Crippen molar-refractivity contribution in [3.8, 4) is 5.75 Å². The maximum absolute atomic E-state index is 13.6. The van der Waals surface area contributed by atoms with Crippen molar-refractivity contribution in [2.45, 2.75) is 18.9 Å². The fraction of sp³-hybridized carbons (Fsp3) is 0.222. The van der Waals surface area contributed by atoms with Gasteiger partial charge in [0.15, 0.2) is 0 Å². The second kappa shape index (κ2) is 8.23. The fourth-order valence-corrected chi connectivity index (χ4v) is 2.28. The van der Waals surface area contributed by atoms with E-state index in [9.17, 15) is 23.5 Å². The highest BCUT2D eigenvalue weighted by Crippen LogP contribution is 2.13. The Bertz CT molecular complexity index is 762. The zero-order valence-corrected chi connectivity index (χ0v) is 13.5. The highest BCUT2D eigenvalue weighted by molar-refractivity contribution is 5.85. The van der Waals surface area contributed by atoms with E-state index in [2.05, 4.69) is 5.32 Å². The van der Waals surface area contributed by atoms with E-state index in [1.165, 1.54) is 7.11 Å². The number of hydrogen-bond acceptors (Lipinski definition) is 3. The molecular weight excluding hydrogens is 332 g/mol. The first-order chi connectivity index (χ1) is 11.9. The Morgan fingerprint density at radius 3 is 2.40 bits per heavy atom. The van der Waals surface area contributed by atoms with Gasteiger partial charge in [0.1, 0.15) is 23.4 Å². The second-order valence-electron chi connectivity index (χ2n) is 5.42. The van der Waals surface area contributed by atoms with Gasteiger partial charge in [-0.2, -0.15) is 0 Å². The van der Waals surface area contributed by atoms with Crippen LogP contribution in [0.15, 0.2) is 42.5 Å². The topological polar surface area (TPSA) is 75.6 Å². The van der Waals surface area contributed by atoms with Gasteiger partial charge in [0.25, 0.3) is 0 Å². The van der Waals surface area contributed by atoms with E-state index >= 15 is 0 Å². The molecule has 2 rings (SSSR count). The summed E-state index contributed by atoms with van der Waals surface area (Å²) >= 11 is 0. The second-order valence-corrected chi connectivity index (χ2v) is 5.42. The predicted octanol–water partition coefficient (Wildman–Crippen LogP) is 2.33. The first kappa shape index (κ1) is 18.4. The van der Waals surface area contributed by atoms with E-state index in [4.69, 9.17) is 4.74 Å². The standard InChI is InChI=1S/C18H17F2NO4/c1-25-14-6-2-11(3-7-14)8-16(18(23)24)21-17(22)9-12-4-5-13(19)10-15(12)20/h2-7,10,16H,8-9H2,1H3,(H,21,22)(H,23,24)/t16-/m0/s1. The number of hydrogen-bond donors (Lipinski definition) is 2. The van der Waals surface area contributed by atoms with Gasteiger partial charge in [0.2, 0.25) is 5.91 Å².